The SMILES string of the molecule is C=CC(=O)CN1CCN(I)C(CC#N)C1. The number of nitriles is 1. The van der Waals surface area contributed by atoms with E-state index in [0.717, 1.165) is 19.6 Å². The van der Waals surface area contributed by atoms with E-state index in [1.54, 1.807) is 0 Å². The lowest BCUT2D eigenvalue weighted by Crippen LogP contribution is -2.50. The second-order valence-corrected chi connectivity index (χ2v) is 4.78. The molecule has 5 heteroatoms. The number of ketones is 1. The third-order valence-electron chi connectivity index (χ3n) is 2.43. The van der Waals surface area contributed by atoms with Crippen molar-refractivity contribution < 1.29 is 4.79 Å². The van der Waals surface area contributed by atoms with Crippen LogP contribution in [0.4, 0.5) is 0 Å². The van der Waals surface area contributed by atoms with Crippen LogP contribution in [0.25, 0.3) is 0 Å². The number of nitrogens with zero attached hydrogens (tertiary/aromatic N) is 3. The van der Waals surface area contributed by atoms with Gasteiger partial charge in [-0.25, -0.2) is 3.11 Å². The Morgan fingerprint density at radius 1 is 1.67 bits per heavy atom. The van der Waals surface area contributed by atoms with Crippen molar-refractivity contribution in [2.75, 3.05) is 26.2 Å². The fraction of sp³-hybridized carbons (Fsp3) is 0.600. The summed E-state index contributed by atoms with van der Waals surface area (Å²) in [5.74, 6) is 0.0487. The lowest BCUT2D eigenvalue weighted by molar-refractivity contribution is -0.116. The zero-order valence-corrected chi connectivity index (χ0v) is 10.7. The normalized spacial score (nSPS) is 23.3. The van der Waals surface area contributed by atoms with Gasteiger partial charge in [0.1, 0.15) is 0 Å². The van der Waals surface area contributed by atoms with Gasteiger partial charge < -0.3 is 0 Å². The van der Waals surface area contributed by atoms with Crippen molar-refractivity contribution in [3.8, 4) is 6.07 Å². The van der Waals surface area contributed by atoms with Gasteiger partial charge in [-0.1, -0.05) is 6.58 Å². The molecule has 4 nitrogen and oxygen atoms in total. The van der Waals surface area contributed by atoms with E-state index in [0.29, 0.717) is 13.0 Å². The minimum Gasteiger partial charge on any atom is -0.293 e. The minimum absolute atomic E-state index is 0.0487. The average molecular weight is 319 g/mol. The Morgan fingerprint density at radius 2 is 2.40 bits per heavy atom. The molecule has 0 bridgehead atoms. The zero-order valence-electron chi connectivity index (χ0n) is 8.53. The minimum atomic E-state index is 0.0487. The first-order chi connectivity index (χ1) is 7.17. The number of carbonyl (C=O) groups excluding carboxylic acids is 1. The second kappa shape index (κ2) is 6.20. The molecule has 0 amide bonds. The number of rotatable bonds is 4. The van der Waals surface area contributed by atoms with E-state index in [1.807, 2.05) is 0 Å². The van der Waals surface area contributed by atoms with Gasteiger partial charge in [-0.15, -0.1) is 0 Å². The van der Waals surface area contributed by atoms with Crippen LogP contribution >= 0.6 is 22.9 Å². The summed E-state index contributed by atoms with van der Waals surface area (Å²) >= 11 is 2.25. The molecule has 0 aromatic carbocycles. The molecule has 0 radical (unpaired) electrons. The molecule has 1 atom stereocenters. The number of carbonyl (C=O) groups is 1. The van der Waals surface area contributed by atoms with E-state index >= 15 is 0 Å². The van der Waals surface area contributed by atoms with E-state index in [1.165, 1.54) is 6.08 Å². The highest BCUT2D eigenvalue weighted by atomic mass is 127. The highest BCUT2D eigenvalue weighted by Crippen LogP contribution is 2.16. The Balaban J connectivity index is 2.47. The fourth-order valence-corrected chi connectivity index (χ4v) is 2.18. The third-order valence-corrected chi connectivity index (χ3v) is 3.70. The van der Waals surface area contributed by atoms with Crippen LogP contribution in [-0.4, -0.2) is 46.0 Å². The summed E-state index contributed by atoms with van der Waals surface area (Å²) in [6.07, 6.45) is 1.87. The number of hydrogen-bond donors (Lipinski definition) is 0. The Morgan fingerprint density at radius 3 is 3.00 bits per heavy atom. The molecule has 1 unspecified atom stereocenters. The summed E-state index contributed by atoms with van der Waals surface area (Å²) in [5, 5.41) is 8.67. The van der Waals surface area contributed by atoms with Gasteiger partial charge in [-0.2, -0.15) is 5.26 Å². The Hall–Kier alpha value is -0.450. The molecular formula is C10H14IN3O. The predicted molar refractivity (Wildman–Crippen MR) is 66.4 cm³/mol. The largest absolute Gasteiger partial charge is 0.293 e. The monoisotopic (exact) mass is 319 g/mol. The van der Waals surface area contributed by atoms with E-state index in [-0.39, 0.29) is 11.8 Å². The van der Waals surface area contributed by atoms with Gasteiger partial charge in [0.05, 0.1) is 19.0 Å². The van der Waals surface area contributed by atoms with Gasteiger partial charge in [-0.05, 0) is 6.08 Å². The van der Waals surface area contributed by atoms with Crippen molar-refractivity contribution in [2.45, 2.75) is 12.5 Å². The molecule has 1 rings (SSSR count). The van der Waals surface area contributed by atoms with Crippen LogP contribution in [0.5, 0.6) is 0 Å². The Labute approximate surface area is 104 Å². The molecule has 82 valence electrons. The highest BCUT2D eigenvalue weighted by molar-refractivity contribution is 14.1. The number of piperazine rings is 1. The van der Waals surface area contributed by atoms with Crippen molar-refractivity contribution in [3.63, 3.8) is 0 Å². The van der Waals surface area contributed by atoms with Gasteiger partial charge in [0.15, 0.2) is 5.78 Å². The molecule has 0 saturated carbocycles. The summed E-state index contributed by atoms with van der Waals surface area (Å²) in [4.78, 5) is 13.3. The topological polar surface area (TPSA) is 47.3 Å². The number of halogens is 1. The predicted octanol–water partition coefficient (Wildman–Crippen LogP) is 0.991. The average Bonchev–Trinajstić information content (AvgIpc) is 2.23. The Kier molecular flexibility index (Phi) is 5.22. The molecule has 1 fully saturated rings. The quantitative estimate of drug-likeness (QED) is 0.440. The molecule has 0 aromatic rings. The summed E-state index contributed by atoms with van der Waals surface area (Å²) in [6.45, 7) is 6.45. The first kappa shape index (κ1) is 12.6. The first-order valence-electron chi connectivity index (χ1n) is 4.84. The van der Waals surface area contributed by atoms with Crippen LogP contribution in [0.15, 0.2) is 12.7 Å². The fourth-order valence-electron chi connectivity index (χ4n) is 1.59. The van der Waals surface area contributed by atoms with E-state index < -0.39 is 0 Å². The van der Waals surface area contributed by atoms with E-state index in [4.69, 9.17) is 5.26 Å². The van der Waals surface area contributed by atoms with E-state index in [2.05, 4.69) is 43.5 Å². The molecule has 0 aromatic heterocycles. The van der Waals surface area contributed by atoms with Gasteiger partial charge in [0, 0.05) is 48.5 Å². The third kappa shape index (κ3) is 3.89. The van der Waals surface area contributed by atoms with Gasteiger partial charge in [0.2, 0.25) is 0 Å². The summed E-state index contributed by atoms with van der Waals surface area (Å²) in [5.41, 5.74) is 0. The summed E-state index contributed by atoms with van der Waals surface area (Å²) in [6, 6.07) is 2.42. The Bertz CT molecular complexity index is 287. The molecule has 1 saturated heterocycles. The van der Waals surface area contributed by atoms with E-state index in [9.17, 15) is 4.79 Å². The highest BCUT2D eigenvalue weighted by Gasteiger charge is 2.25. The van der Waals surface area contributed by atoms with Crippen LogP contribution in [0.2, 0.25) is 0 Å². The van der Waals surface area contributed by atoms with Gasteiger partial charge in [-0.3, -0.25) is 9.69 Å². The van der Waals surface area contributed by atoms with Crippen molar-refractivity contribution in [3.05, 3.63) is 12.7 Å². The van der Waals surface area contributed by atoms with Crippen molar-refractivity contribution in [1.82, 2.24) is 8.01 Å². The van der Waals surface area contributed by atoms with Crippen molar-refractivity contribution in [2.24, 2.45) is 0 Å². The van der Waals surface area contributed by atoms with Crippen LogP contribution in [0.3, 0.4) is 0 Å². The molecule has 0 N–H and O–H groups in total. The molecule has 15 heavy (non-hydrogen) atoms. The molecule has 1 heterocycles. The van der Waals surface area contributed by atoms with Crippen LogP contribution in [0.1, 0.15) is 6.42 Å². The van der Waals surface area contributed by atoms with Crippen LogP contribution < -0.4 is 0 Å². The van der Waals surface area contributed by atoms with Crippen LogP contribution in [-0.2, 0) is 4.79 Å². The smallest absolute Gasteiger partial charge is 0.169 e. The van der Waals surface area contributed by atoms with Crippen molar-refractivity contribution >= 4 is 28.6 Å². The first-order valence-corrected chi connectivity index (χ1v) is 5.81. The second-order valence-electron chi connectivity index (χ2n) is 3.54. The lowest BCUT2D eigenvalue weighted by Gasteiger charge is -2.36. The molecular weight excluding hydrogens is 305 g/mol. The van der Waals surface area contributed by atoms with Crippen LogP contribution in [0, 0.1) is 11.3 Å². The van der Waals surface area contributed by atoms with Gasteiger partial charge in [0.25, 0.3) is 0 Å². The summed E-state index contributed by atoms with van der Waals surface area (Å²) in [7, 11) is 0. The number of hydrogen-bond acceptors (Lipinski definition) is 4. The molecule has 0 spiro atoms. The maximum Gasteiger partial charge on any atom is 0.169 e. The molecule has 1 aliphatic rings. The molecule has 1 aliphatic heterocycles. The maximum atomic E-state index is 11.2. The molecule has 0 aliphatic carbocycles. The maximum absolute atomic E-state index is 11.2. The van der Waals surface area contributed by atoms with Gasteiger partial charge >= 0.3 is 0 Å². The standard InChI is InChI=1S/C10H14IN3O/c1-2-10(15)8-13-5-6-14(11)9(7-13)3-4-12/h2,9H,1,3,5-8H2. The summed E-state index contributed by atoms with van der Waals surface area (Å²) < 4.78 is 2.15. The van der Waals surface area contributed by atoms with Crippen molar-refractivity contribution in [1.29, 1.82) is 5.26 Å². The lowest BCUT2D eigenvalue weighted by atomic mass is 10.1. The zero-order chi connectivity index (χ0) is 11.3.